The minimum absolute atomic E-state index is 0.185. The molecule has 110 valence electrons. The van der Waals surface area contributed by atoms with Crippen LogP contribution in [0.5, 0.6) is 0 Å². The lowest BCUT2D eigenvalue weighted by atomic mass is 10.0. The van der Waals surface area contributed by atoms with Gasteiger partial charge >= 0.3 is 5.97 Å². The molecule has 1 aromatic carbocycles. The van der Waals surface area contributed by atoms with Crippen LogP contribution >= 0.6 is 15.9 Å². The quantitative estimate of drug-likeness (QED) is 0.901. The summed E-state index contributed by atoms with van der Waals surface area (Å²) in [5.41, 5.74) is 0.602. The third-order valence-electron chi connectivity index (χ3n) is 3.76. The summed E-state index contributed by atoms with van der Waals surface area (Å²) in [7, 11) is 0. The molecule has 0 radical (unpaired) electrons. The molecule has 1 atom stereocenters. The van der Waals surface area contributed by atoms with Crippen LogP contribution in [-0.4, -0.2) is 34.5 Å². The molecule has 3 rings (SSSR count). The van der Waals surface area contributed by atoms with Crippen LogP contribution in [0.15, 0.2) is 33.2 Å². The number of fused-ring (bicyclic) bond motifs is 1. The number of likely N-dealkylation sites (tertiary alicyclic amines) is 1. The number of para-hydroxylation sites is 1. The van der Waals surface area contributed by atoms with Crippen LogP contribution in [0.4, 0.5) is 0 Å². The molecular formula is C15H14BrNO4. The van der Waals surface area contributed by atoms with Crippen molar-refractivity contribution in [3.63, 3.8) is 0 Å². The minimum Gasteiger partial charge on any atom is -0.480 e. The summed E-state index contributed by atoms with van der Waals surface area (Å²) >= 11 is 3.38. The zero-order valence-corrected chi connectivity index (χ0v) is 12.8. The third kappa shape index (κ3) is 2.55. The van der Waals surface area contributed by atoms with Crippen LogP contribution in [0.3, 0.4) is 0 Å². The number of carbonyl (C=O) groups is 2. The number of carbonyl (C=O) groups excluding carboxylic acids is 1. The zero-order chi connectivity index (χ0) is 15.0. The topological polar surface area (TPSA) is 70.8 Å². The first-order valence-electron chi connectivity index (χ1n) is 6.80. The molecule has 1 N–H and O–H groups in total. The fraction of sp³-hybridized carbons (Fsp3) is 0.333. The average Bonchev–Trinajstić information content (AvgIpc) is 2.92. The third-order valence-corrected chi connectivity index (χ3v) is 4.38. The molecule has 21 heavy (non-hydrogen) atoms. The number of nitrogens with zero attached hydrogens (tertiary/aromatic N) is 1. The molecule has 1 aliphatic rings. The molecule has 1 amide bonds. The zero-order valence-electron chi connectivity index (χ0n) is 11.2. The summed E-state index contributed by atoms with van der Waals surface area (Å²) in [5.74, 6) is -1.13. The molecule has 2 heterocycles. The molecule has 1 aromatic heterocycles. The van der Waals surface area contributed by atoms with Gasteiger partial charge in [-0.05, 0) is 47.3 Å². The van der Waals surface area contributed by atoms with Crippen molar-refractivity contribution < 1.29 is 19.1 Å². The highest BCUT2D eigenvalue weighted by molar-refractivity contribution is 9.10. The van der Waals surface area contributed by atoms with Crippen molar-refractivity contribution in [1.29, 1.82) is 0 Å². The first-order chi connectivity index (χ1) is 10.1. The number of rotatable bonds is 2. The van der Waals surface area contributed by atoms with E-state index < -0.39 is 12.0 Å². The van der Waals surface area contributed by atoms with E-state index in [4.69, 9.17) is 4.42 Å². The summed E-state index contributed by atoms with van der Waals surface area (Å²) in [6.07, 6.45) is 2.14. The van der Waals surface area contributed by atoms with Crippen molar-refractivity contribution >= 4 is 38.8 Å². The Kier molecular flexibility index (Phi) is 3.71. The molecule has 2 aromatic rings. The van der Waals surface area contributed by atoms with E-state index in [9.17, 15) is 14.7 Å². The van der Waals surface area contributed by atoms with Gasteiger partial charge in [0, 0.05) is 11.9 Å². The van der Waals surface area contributed by atoms with Gasteiger partial charge in [-0.3, -0.25) is 4.79 Å². The van der Waals surface area contributed by atoms with Crippen LogP contribution in [0.2, 0.25) is 0 Å². The lowest BCUT2D eigenvalue weighted by Gasteiger charge is -2.32. The minimum atomic E-state index is -0.958. The SMILES string of the molecule is O=C(O)[C@@H]1CCCCN1C(=O)c1cc2cccc(Br)c2o1. The van der Waals surface area contributed by atoms with Crippen molar-refractivity contribution in [2.45, 2.75) is 25.3 Å². The maximum absolute atomic E-state index is 12.5. The van der Waals surface area contributed by atoms with Crippen molar-refractivity contribution in [3.05, 3.63) is 34.5 Å². The van der Waals surface area contributed by atoms with Crippen LogP contribution < -0.4 is 0 Å². The van der Waals surface area contributed by atoms with Gasteiger partial charge in [0.1, 0.15) is 11.6 Å². The number of furan rings is 1. The van der Waals surface area contributed by atoms with Gasteiger partial charge in [-0.1, -0.05) is 12.1 Å². The number of halogens is 1. The van der Waals surface area contributed by atoms with Gasteiger partial charge in [0.05, 0.1) is 4.47 Å². The number of aliphatic carboxylic acids is 1. The highest BCUT2D eigenvalue weighted by atomic mass is 79.9. The molecule has 0 aliphatic carbocycles. The van der Waals surface area contributed by atoms with Gasteiger partial charge in [-0.2, -0.15) is 0 Å². The predicted molar refractivity (Wildman–Crippen MR) is 80.2 cm³/mol. The van der Waals surface area contributed by atoms with Crippen LogP contribution in [0.1, 0.15) is 29.8 Å². The van der Waals surface area contributed by atoms with E-state index >= 15 is 0 Å². The van der Waals surface area contributed by atoms with E-state index in [1.807, 2.05) is 18.2 Å². The summed E-state index contributed by atoms with van der Waals surface area (Å²) in [5, 5.41) is 10.1. The van der Waals surface area contributed by atoms with Gasteiger partial charge < -0.3 is 14.4 Å². The number of carboxylic acid groups (broad SMARTS) is 1. The summed E-state index contributed by atoms with van der Waals surface area (Å²) in [6.45, 7) is 0.452. The number of benzene rings is 1. The Bertz CT molecular complexity index is 709. The lowest BCUT2D eigenvalue weighted by molar-refractivity contribution is -0.143. The Labute approximate surface area is 129 Å². The van der Waals surface area contributed by atoms with E-state index in [1.54, 1.807) is 6.07 Å². The van der Waals surface area contributed by atoms with Gasteiger partial charge in [-0.15, -0.1) is 0 Å². The number of amides is 1. The smallest absolute Gasteiger partial charge is 0.326 e. The van der Waals surface area contributed by atoms with E-state index in [0.717, 1.165) is 22.7 Å². The molecular weight excluding hydrogens is 338 g/mol. The first-order valence-corrected chi connectivity index (χ1v) is 7.59. The number of piperidine rings is 1. The van der Waals surface area contributed by atoms with Crippen molar-refractivity contribution in [3.8, 4) is 0 Å². The van der Waals surface area contributed by atoms with Crippen LogP contribution in [-0.2, 0) is 4.79 Å². The number of hydrogen-bond donors (Lipinski definition) is 1. The van der Waals surface area contributed by atoms with Gasteiger partial charge in [0.25, 0.3) is 5.91 Å². The molecule has 1 fully saturated rings. The molecule has 0 saturated carbocycles. The Balaban J connectivity index is 1.95. The summed E-state index contributed by atoms with van der Waals surface area (Å²) in [6, 6.07) is 6.45. The molecule has 0 unspecified atom stereocenters. The van der Waals surface area contributed by atoms with Crippen molar-refractivity contribution in [2.75, 3.05) is 6.54 Å². The fourth-order valence-corrected chi connectivity index (χ4v) is 3.17. The molecule has 6 heteroatoms. The van der Waals surface area contributed by atoms with E-state index in [1.165, 1.54) is 4.90 Å². The standard InChI is InChI=1S/C15H14BrNO4/c16-10-5-3-4-9-8-12(21-13(9)10)14(18)17-7-2-1-6-11(17)15(19)20/h3-5,8,11H,1-2,6-7H2,(H,19,20)/t11-/m0/s1. The van der Waals surface area contributed by atoms with Gasteiger partial charge in [-0.25, -0.2) is 4.79 Å². The Morgan fingerprint density at radius 3 is 2.86 bits per heavy atom. The van der Waals surface area contributed by atoms with Gasteiger partial charge in [0.15, 0.2) is 5.76 Å². The molecule has 5 nitrogen and oxygen atoms in total. The normalized spacial score (nSPS) is 18.9. The fourth-order valence-electron chi connectivity index (χ4n) is 2.71. The highest BCUT2D eigenvalue weighted by Crippen LogP contribution is 2.29. The van der Waals surface area contributed by atoms with Gasteiger partial charge in [0.2, 0.25) is 0 Å². The molecule has 1 saturated heterocycles. The van der Waals surface area contributed by atoms with Crippen molar-refractivity contribution in [1.82, 2.24) is 4.90 Å². The average molecular weight is 352 g/mol. The molecule has 0 bridgehead atoms. The van der Waals surface area contributed by atoms with Crippen LogP contribution in [0, 0.1) is 0 Å². The monoisotopic (exact) mass is 351 g/mol. The maximum Gasteiger partial charge on any atom is 0.326 e. The summed E-state index contributed by atoms with van der Waals surface area (Å²) < 4.78 is 6.38. The summed E-state index contributed by atoms with van der Waals surface area (Å²) in [4.78, 5) is 25.2. The predicted octanol–water partition coefficient (Wildman–Crippen LogP) is 3.27. The van der Waals surface area contributed by atoms with Crippen molar-refractivity contribution in [2.24, 2.45) is 0 Å². The first kappa shape index (κ1) is 14.1. The Morgan fingerprint density at radius 2 is 2.14 bits per heavy atom. The lowest BCUT2D eigenvalue weighted by Crippen LogP contribution is -2.47. The number of hydrogen-bond acceptors (Lipinski definition) is 3. The maximum atomic E-state index is 12.5. The largest absolute Gasteiger partial charge is 0.480 e. The second-order valence-corrected chi connectivity index (χ2v) is 5.97. The molecule has 0 spiro atoms. The number of carboxylic acids is 1. The van der Waals surface area contributed by atoms with E-state index in [2.05, 4.69) is 15.9 Å². The van der Waals surface area contributed by atoms with Crippen LogP contribution in [0.25, 0.3) is 11.0 Å². The Hall–Kier alpha value is -1.82. The highest BCUT2D eigenvalue weighted by Gasteiger charge is 2.33. The second kappa shape index (κ2) is 5.52. The second-order valence-electron chi connectivity index (χ2n) is 5.12. The molecule has 1 aliphatic heterocycles. The Morgan fingerprint density at radius 1 is 1.33 bits per heavy atom. The van der Waals surface area contributed by atoms with E-state index in [0.29, 0.717) is 18.5 Å². The van der Waals surface area contributed by atoms with E-state index in [-0.39, 0.29) is 11.7 Å².